The Morgan fingerprint density at radius 2 is 1.95 bits per heavy atom. The topological polar surface area (TPSA) is 29.9 Å². The Morgan fingerprint density at radius 3 is 2.62 bits per heavy atom. The van der Waals surface area contributed by atoms with Crippen LogP contribution in [0.15, 0.2) is 34.8 Å². The van der Waals surface area contributed by atoms with E-state index in [2.05, 4.69) is 20.9 Å². The van der Waals surface area contributed by atoms with Crippen molar-refractivity contribution in [2.75, 3.05) is 7.11 Å². The van der Waals surface area contributed by atoms with E-state index < -0.39 is 11.6 Å². The third kappa shape index (κ3) is 2.36. The summed E-state index contributed by atoms with van der Waals surface area (Å²) >= 11 is 8.42. The Balaban J connectivity index is 2.36. The van der Waals surface area contributed by atoms with Crippen molar-refractivity contribution in [3.8, 4) is 11.4 Å². The molecule has 0 unspecified atom stereocenters. The summed E-state index contributed by atoms with van der Waals surface area (Å²) in [5, 5.41) is 0. The maximum atomic E-state index is 14.2. The Labute approximate surface area is 132 Å². The second-order valence-electron chi connectivity index (χ2n) is 4.37. The fraction of sp³-hybridized carbons (Fsp3) is 0.0714. The van der Waals surface area contributed by atoms with Crippen LogP contribution in [-0.4, -0.2) is 16.7 Å². The number of hydrogen-bond acceptors (Lipinski definition) is 2. The number of hydrogen-bond donors (Lipinski definition) is 1. The van der Waals surface area contributed by atoms with E-state index in [-0.39, 0.29) is 16.2 Å². The van der Waals surface area contributed by atoms with E-state index in [0.717, 1.165) is 0 Å². The Hall–Kier alpha value is -1.73. The summed E-state index contributed by atoms with van der Waals surface area (Å²) in [4.78, 5) is 2.86. The van der Waals surface area contributed by atoms with Crippen LogP contribution >= 0.6 is 28.1 Å². The number of nitrogens with one attached hydrogen (secondary N) is 1. The highest BCUT2D eigenvalue weighted by Crippen LogP contribution is 2.28. The standard InChI is InChI=1S/C14H9BrF2N2OS/c1-20-13-6-12-10(5-9(13)17)18-14(21)19(12)11-3-2-7(15)4-8(11)16/h2-6H,1H3,(H,18,21). The molecular formula is C14H9BrF2N2OS. The van der Waals surface area contributed by atoms with Crippen molar-refractivity contribution in [2.24, 2.45) is 0 Å². The molecule has 0 atom stereocenters. The maximum absolute atomic E-state index is 14.2. The van der Waals surface area contributed by atoms with E-state index in [1.54, 1.807) is 12.1 Å². The van der Waals surface area contributed by atoms with Gasteiger partial charge in [-0.1, -0.05) is 15.9 Å². The lowest BCUT2D eigenvalue weighted by Crippen LogP contribution is -1.98. The highest BCUT2D eigenvalue weighted by atomic mass is 79.9. The lowest BCUT2D eigenvalue weighted by atomic mass is 10.2. The zero-order valence-electron chi connectivity index (χ0n) is 10.8. The molecule has 3 rings (SSSR count). The molecule has 0 amide bonds. The minimum Gasteiger partial charge on any atom is -0.494 e. The van der Waals surface area contributed by atoms with Crippen molar-refractivity contribution in [1.82, 2.24) is 9.55 Å². The molecule has 3 aromatic rings. The average Bonchev–Trinajstić information content (AvgIpc) is 2.73. The van der Waals surface area contributed by atoms with Gasteiger partial charge in [-0.15, -0.1) is 0 Å². The number of rotatable bonds is 2. The van der Waals surface area contributed by atoms with Gasteiger partial charge in [-0.05, 0) is 30.4 Å². The number of nitrogens with zero attached hydrogens (tertiary/aromatic N) is 1. The Kier molecular flexibility index (Phi) is 3.54. The molecule has 0 fully saturated rings. The van der Waals surface area contributed by atoms with Crippen molar-refractivity contribution in [2.45, 2.75) is 0 Å². The fourth-order valence-corrected chi connectivity index (χ4v) is 2.81. The molecule has 0 saturated heterocycles. The lowest BCUT2D eigenvalue weighted by molar-refractivity contribution is 0.387. The quantitative estimate of drug-likeness (QED) is 0.660. The van der Waals surface area contributed by atoms with Gasteiger partial charge in [-0.3, -0.25) is 4.57 Å². The van der Waals surface area contributed by atoms with Crippen LogP contribution in [0.1, 0.15) is 0 Å². The molecule has 1 heterocycles. The maximum Gasteiger partial charge on any atom is 0.182 e. The second kappa shape index (κ2) is 5.23. The average molecular weight is 371 g/mol. The second-order valence-corrected chi connectivity index (χ2v) is 5.67. The van der Waals surface area contributed by atoms with Crippen molar-refractivity contribution in [1.29, 1.82) is 0 Å². The van der Waals surface area contributed by atoms with Gasteiger partial charge in [0.15, 0.2) is 16.3 Å². The molecule has 1 aromatic heterocycles. The van der Waals surface area contributed by atoms with Crippen molar-refractivity contribution < 1.29 is 13.5 Å². The van der Waals surface area contributed by atoms with Crippen LogP contribution in [0.2, 0.25) is 0 Å². The van der Waals surface area contributed by atoms with Gasteiger partial charge in [0.25, 0.3) is 0 Å². The molecular weight excluding hydrogens is 362 g/mol. The van der Waals surface area contributed by atoms with Crippen LogP contribution in [0.4, 0.5) is 8.78 Å². The van der Waals surface area contributed by atoms with Crippen LogP contribution in [0.25, 0.3) is 16.7 Å². The van der Waals surface area contributed by atoms with Crippen LogP contribution in [0.3, 0.4) is 0 Å². The first-order valence-corrected chi connectivity index (χ1v) is 7.15. The molecule has 3 nitrogen and oxygen atoms in total. The third-order valence-electron chi connectivity index (χ3n) is 3.11. The summed E-state index contributed by atoms with van der Waals surface area (Å²) in [6.45, 7) is 0. The summed E-state index contributed by atoms with van der Waals surface area (Å²) in [5.41, 5.74) is 1.29. The molecule has 2 aromatic carbocycles. The molecule has 0 aliphatic carbocycles. The molecule has 0 radical (unpaired) electrons. The molecule has 0 aliphatic rings. The molecule has 108 valence electrons. The minimum atomic E-state index is -0.510. The molecule has 1 N–H and O–H groups in total. The molecule has 0 saturated carbocycles. The van der Waals surface area contributed by atoms with E-state index in [1.807, 2.05) is 0 Å². The number of methoxy groups -OCH3 is 1. The summed E-state index contributed by atoms with van der Waals surface area (Å²) < 4.78 is 35.3. The van der Waals surface area contributed by atoms with Crippen molar-refractivity contribution in [3.05, 3.63) is 51.2 Å². The van der Waals surface area contributed by atoms with Gasteiger partial charge in [-0.25, -0.2) is 8.78 Å². The number of imidazole rings is 1. The Morgan fingerprint density at radius 1 is 1.19 bits per heavy atom. The number of H-pyrrole nitrogens is 1. The van der Waals surface area contributed by atoms with E-state index >= 15 is 0 Å². The lowest BCUT2D eigenvalue weighted by Gasteiger charge is -2.08. The number of ether oxygens (including phenoxy) is 1. The first kappa shape index (κ1) is 14.2. The van der Waals surface area contributed by atoms with Crippen LogP contribution in [0.5, 0.6) is 5.75 Å². The third-order valence-corrected chi connectivity index (χ3v) is 3.88. The summed E-state index contributed by atoms with van der Waals surface area (Å²) in [5.74, 6) is -0.878. The number of aromatic nitrogens is 2. The van der Waals surface area contributed by atoms with Crippen molar-refractivity contribution in [3.63, 3.8) is 0 Å². The first-order valence-electron chi connectivity index (χ1n) is 5.95. The van der Waals surface area contributed by atoms with E-state index in [1.165, 1.54) is 29.9 Å². The van der Waals surface area contributed by atoms with Gasteiger partial charge in [0.05, 0.1) is 23.8 Å². The summed E-state index contributed by atoms with van der Waals surface area (Å²) in [6.07, 6.45) is 0. The normalized spacial score (nSPS) is 11.0. The molecule has 21 heavy (non-hydrogen) atoms. The number of aromatic amines is 1. The fourth-order valence-electron chi connectivity index (χ4n) is 2.17. The predicted molar refractivity (Wildman–Crippen MR) is 82.6 cm³/mol. The monoisotopic (exact) mass is 370 g/mol. The van der Waals surface area contributed by atoms with Crippen LogP contribution in [-0.2, 0) is 0 Å². The molecule has 0 spiro atoms. The Bertz CT molecular complexity index is 904. The highest BCUT2D eigenvalue weighted by molar-refractivity contribution is 9.10. The highest BCUT2D eigenvalue weighted by Gasteiger charge is 2.14. The largest absolute Gasteiger partial charge is 0.494 e. The van der Waals surface area contributed by atoms with Gasteiger partial charge in [0.1, 0.15) is 5.82 Å². The summed E-state index contributed by atoms with van der Waals surface area (Å²) in [6, 6.07) is 7.41. The molecule has 0 aliphatic heterocycles. The van der Waals surface area contributed by atoms with E-state index in [0.29, 0.717) is 15.5 Å². The molecule has 7 heteroatoms. The van der Waals surface area contributed by atoms with Crippen LogP contribution in [0, 0.1) is 16.4 Å². The minimum absolute atomic E-state index is 0.0720. The number of halogens is 3. The van der Waals surface area contributed by atoms with E-state index in [4.69, 9.17) is 17.0 Å². The van der Waals surface area contributed by atoms with E-state index in [9.17, 15) is 8.78 Å². The van der Waals surface area contributed by atoms with Gasteiger partial charge in [-0.2, -0.15) is 0 Å². The SMILES string of the molecule is COc1cc2c(cc1F)[nH]c(=S)n2-c1ccc(Br)cc1F. The zero-order valence-corrected chi connectivity index (χ0v) is 13.2. The first-order chi connectivity index (χ1) is 10.0. The smallest absolute Gasteiger partial charge is 0.182 e. The molecule has 0 bridgehead atoms. The van der Waals surface area contributed by atoms with Crippen molar-refractivity contribution >= 4 is 39.2 Å². The number of fused-ring (bicyclic) bond motifs is 1. The van der Waals surface area contributed by atoms with Gasteiger partial charge in [0, 0.05) is 16.6 Å². The van der Waals surface area contributed by atoms with Gasteiger partial charge < -0.3 is 9.72 Å². The number of benzene rings is 2. The van der Waals surface area contributed by atoms with Gasteiger partial charge in [0.2, 0.25) is 0 Å². The predicted octanol–water partition coefficient (Wildman–Crippen LogP) is 4.74. The van der Waals surface area contributed by atoms with Gasteiger partial charge >= 0.3 is 0 Å². The summed E-state index contributed by atoms with van der Waals surface area (Å²) in [7, 11) is 1.37. The zero-order chi connectivity index (χ0) is 15.1. The van der Waals surface area contributed by atoms with Crippen LogP contribution < -0.4 is 4.74 Å².